The number of hydrogen-bond acceptors (Lipinski definition) is 4. The Morgan fingerprint density at radius 1 is 1.14 bits per heavy atom. The molecule has 106 valence electrons. The maximum absolute atomic E-state index is 12.2. The zero-order chi connectivity index (χ0) is 14.8. The number of aryl methyl sites for hydroxylation is 1. The molecule has 0 aliphatic carbocycles. The average Bonchev–Trinajstić information content (AvgIpc) is 2.49. The molecule has 21 heavy (non-hydrogen) atoms. The van der Waals surface area contributed by atoms with Crippen LogP contribution in [0, 0.1) is 6.92 Å². The van der Waals surface area contributed by atoms with Gasteiger partial charge in [0, 0.05) is 24.9 Å². The van der Waals surface area contributed by atoms with Crippen molar-refractivity contribution in [1.29, 1.82) is 0 Å². The molecule has 5 nitrogen and oxygen atoms in total. The Balaban J connectivity index is 2.12. The van der Waals surface area contributed by atoms with Crippen LogP contribution < -0.4 is 10.9 Å². The lowest BCUT2D eigenvalue weighted by Gasteiger charge is -2.10. The summed E-state index contributed by atoms with van der Waals surface area (Å²) in [5.41, 5.74) is 1.71. The number of aromatic nitrogens is 3. The fraction of sp³-hybridized carbons (Fsp3) is 0.188. The van der Waals surface area contributed by atoms with Crippen LogP contribution in [0.25, 0.3) is 10.9 Å². The quantitative estimate of drug-likeness (QED) is 0.799. The van der Waals surface area contributed by atoms with Gasteiger partial charge >= 0.3 is 0 Å². The van der Waals surface area contributed by atoms with Crippen molar-refractivity contribution in [3.8, 4) is 0 Å². The highest BCUT2D eigenvalue weighted by molar-refractivity contribution is 5.78. The van der Waals surface area contributed by atoms with Gasteiger partial charge in [0.25, 0.3) is 5.56 Å². The van der Waals surface area contributed by atoms with E-state index in [0.29, 0.717) is 12.4 Å². The number of anilines is 1. The van der Waals surface area contributed by atoms with Gasteiger partial charge in [0.15, 0.2) is 5.82 Å². The highest BCUT2D eigenvalue weighted by Gasteiger charge is 2.07. The Morgan fingerprint density at radius 3 is 2.76 bits per heavy atom. The van der Waals surface area contributed by atoms with E-state index in [1.807, 2.05) is 50.4 Å². The van der Waals surface area contributed by atoms with Gasteiger partial charge in [0.2, 0.25) is 0 Å². The van der Waals surface area contributed by atoms with Crippen LogP contribution in [0.3, 0.4) is 0 Å². The van der Waals surface area contributed by atoms with Crippen molar-refractivity contribution in [3.05, 3.63) is 64.3 Å². The second-order valence-corrected chi connectivity index (χ2v) is 4.88. The van der Waals surface area contributed by atoms with E-state index < -0.39 is 0 Å². The second kappa shape index (κ2) is 5.36. The van der Waals surface area contributed by atoms with Crippen LogP contribution in [0.1, 0.15) is 11.5 Å². The normalized spacial score (nSPS) is 10.8. The summed E-state index contributed by atoms with van der Waals surface area (Å²) in [5, 5.41) is 4.03. The number of nitrogens with one attached hydrogen (secondary N) is 1. The standard InChI is InChI=1S/C16H16N4O/c1-11-9-14(17-2)19-15(18-11)10-20-13-6-4-3-5-12(13)7-8-16(20)21/h3-9H,10H2,1-2H3,(H,17,18,19). The molecule has 3 rings (SSSR count). The van der Waals surface area contributed by atoms with Crippen LogP contribution >= 0.6 is 0 Å². The average molecular weight is 280 g/mol. The zero-order valence-corrected chi connectivity index (χ0v) is 12.0. The van der Waals surface area contributed by atoms with E-state index >= 15 is 0 Å². The molecule has 0 amide bonds. The first-order chi connectivity index (χ1) is 10.2. The van der Waals surface area contributed by atoms with Crippen molar-refractivity contribution < 1.29 is 0 Å². The Morgan fingerprint density at radius 2 is 1.95 bits per heavy atom. The summed E-state index contributed by atoms with van der Waals surface area (Å²) in [5.74, 6) is 1.38. The van der Waals surface area contributed by atoms with Crippen LogP contribution in [0.5, 0.6) is 0 Å². The Bertz CT molecular complexity index is 854. The number of para-hydroxylation sites is 1. The molecule has 1 aromatic carbocycles. The lowest BCUT2D eigenvalue weighted by atomic mass is 10.2. The monoisotopic (exact) mass is 280 g/mol. The van der Waals surface area contributed by atoms with Gasteiger partial charge in [-0.05, 0) is 24.4 Å². The summed E-state index contributed by atoms with van der Waals surface area (Å²) in [6.45, 7) is 2.27. The Hall–Kier alpha value is -2.69. The van der Waals surface area contributed by atoms with Crippen LogP contribution in [0.4, 0.5) is 5.82 Å². The molecular formula is C16H16N4O. The maximum Gasteiger partial charge on any atom is 0.251 e. The van der Waals surface area contributed by atoms with Gasteiger partial charge in [-0.25, -0.2) is 9.97 Å². The molecule has 2 heterocycles. The van der Waals surface area contributed by atoms with Crippen LogP contribution in [-0.2, 0) is 6.54 Å². The number of fused-ring (bicyclic) bond motifs is 1. The van der Waals surface area contributed by atoms with Crippen molar-refractivity contribution in [3.63, 3.8) is 0 Å². The summed E-state index contributed by atoms with van der Waals surface area (Å²) in [6.07, 6.45) is 0. The van der Waals surface area contributed by atoms with E-state index in [4.69, 9.17) is 0 Å². The van der Waals surface area contributed by atoms with Crippen molar-refractivity contribution in [2.75, 3.05) is 12.4 Å². The first-order valence-electron chi connectivity index (χ1n) is 6.78. The Labute approximate surface area is 122 Å². The third-order valence-corrected chi connectivity index (χ3v) is 3.36. The summed E-state index contributed by atoms with van der Waals surface area (Å²) in [7, 11) is 1.82. The fourth-order valence-electron chi connectivity index (χ4n) is 2.38. The summed E-state index contributed by atoms with van der Waals surface area (Å²) in [4.78, 5) is 21.0. The minimum Gasteiger partial charge on any atom is -0.373 e. The van der Waals surface area contributed by atoms with Crippen LogP contribution in [0.15, 0.2) is 47.3 Å². The highest BCUT2D eigenvalue weighted by atomic mass is 16.1. The van der Waals surface area contributed by atoms with E-state index in [-0.39, 0.29) is 5.56 Å². The molecule has 0 saturated heterocycles. The van der Waals surface area contributed by atoms with E-state index in [2.05, 4.69) is 15.3 Å². The van der Waals surface area contributed by atoms with E-state index in [9.17, 15) is 4.79 Å². The number of nitrogens with zero attached hydrogens (tertiary/aromatic N) is 3. The molecule has 0 unspecified atom stereocenters. The molecule has 5 heteroatoms. The van der Waals surface area contributed by atoms with Crippen molar-refractivity contribution >= 4 is 16.7 Å². The maximum atomic E-state index is 12.2. The third kappa shape index (κ3) is 2.63. The third-order valence-electron chi connectivity index (χ3n) is 3.36. The molecular weight excluding hydrogens is 264 g/mol. The van der Waals surface area contributed by atoms with Crippen LogP contribution in [0.2, 0.25) is 0 Å². The van der Waals surface area contributed by atoms with Gasteiger partial charge in [0.1, 0.15) is 5.82 Å². The smallest absolute Gasteiger partial charge is 0.251 e. The second-order valence-electron chi connectivity index (χ2n) is 4.88. The van der Waals surface area contributed by atoms with Gasteiger partial charge in [-0.1, -0.05) is 18.2 Å². The van der Waals surface area contributed by atoms with E-state index in [1.165, 1.54) is 0 Å². The molecule has 0 aliphatic heterocycles. The largest absolute Gasteiger partial charge is 0.373 e. The van der Waals surface area contributed by atoms with E-state index in [1.54, 1.807) is 10.6 Å². The van der Waals surface area contributed by atoms with Gasteiger partial charge in [-0.2, -0.15) is 0 Å². The summed E-state index contributed by atoms with van der Waals surface area (Å²) in [6, 6.07) is 13.1. The summed E-state index contributed by atoms with van der Waals surface area (Å²) < 4.78 is 1.70. The number of benzene rings is 1. The Kier molecular flexibility index (Phi) is 3.39. The lowest BCUT2D eigenvalue weighted by molar-refractivity contribution is 0.738. The summed E-state index contributed by atoms with van der Waals surface area (Å²) >= 11 is 0. The predicted molar refractivity (Wildman–Crippen MR) is 83.6 cm³/mol. The molecule has 0 radical (unpaired) electrons. The first kappa shape index (κ1) is 13.3. The molecule has 2 aromatic heterocycles. The number of hydrogen-bond donors (Lipinski definition) is 1. The minimum absolute atomic E-state index is 0.0511. The highest BCUT2D eigenvalue weighted by Crippen LogP contribution is 2.13. The topological polar surface area (TPSA) is 59.8 Å². The number of pyridine rings is 1. The minimum atomic E-state index is -0.0511. The SMILES string of the molecule is CNc1cc(C)nc(Cn2c(=O)ccc3ccccc32)n1. The van der Waals surface area contributed by atoms with Crippen molar-refractivity contribution in [1.82, 2.24) is 14.5 Å². The zero-order valence-electron chi connectivity index (χ0n) is 12.0. The predicted octanol–water partition coefficient (Wildman–Crippen LogP) is 2.19. The van der Waals surface area contributed by atoms with Gasteiger partial charge in [-0.15, -0.1) is 0 Å². The van der Waals surface area contributed by atoms with Gasteiger partial charge in [0.05, 0.1) is 12.1 Å². The van der Waals surface area contributed by atoms with Crippen molar-refractivity contribution in [2.45, 2.75) is 13.5 Å². The van der Waals surface area contributed by atoms with Crippen molar-refractivity contribution in [2.24, 2.45) is 0 Å². The molecule has 0 spiro atoms. The van der Waals surface area contributed by atoms with E-state index in [0.717, 1.165) is 22.4 Å². The number of rotatable bonds is 3. The molecule has 0 fully saturated rings. The fourth-order valence-corrected chi connectivity index (χ4v) is 2.38. The molecule has 1 N–H and O–H groups in total. The lowest BCUT2D eigenvalue weighted by Crippen LogP contribution is -2.21. The molecule has 3 aromatic rings. The first-order valence-corrected chi connectivity index (χ1v) is 6.78. The molecule has 0 aliphatic rings. The molecule has 0 atom stereocenters. The van der Waals surface area contributed by atoms with Crippen LogP contribution in [-0.4, -0.2) is 21.6 Å². The van der Waals surface area contributed by atoms with Gasteiger partial charge < -0.3 is 9.88 Å². The molecule has 0 bridgehead atoms. The van der Waals surface area contributed by atoms with Gasteiger partial charge in [-0.3, -0.25) is 4.79 Å². The molecule has 0 saturated carbocycles.